The second-order valence-electron chi connectivity index (χ2n) is 7.33. The van der Waals surface area contributed by atoms with E-state index in [4.69, 9.17) is 4.18 Å². The number of unbranched alkanes of at least 4 members (excludes halogenated alkanes) is 7. The summed E-state index contributed by atoms with van der Waals surface area (Å²) in [5.41, 5.74) is 1.94. The Hall–Kier alpha value is -1.33. The Morgan fingerprint density at radius 3 is 2.11 bits per heavy atom. The minimum Gasteiger partial charge on any atom is -0.379 e. The first kappa shape index (κ1) is 23.0. The van der Waals surface area contributed by atoms with Crippen LogP contribution in [-0.2, 0) is 16.5 Å². The molecule has 28 heavy (non-hydrogen) atoms. The third-order valence-corrected chi connectivity index (χ3v) is 6.57. The van der Waals surface area contributed by atoms with Crippen LogP contribution in [-0.4, -0.2) is 8.42 Å². The predicted molar refractivity (Wildman–Crippen MR) is 119 cm³/mol. The van der Waals surface area contributed by atoms with Gasteiger partial charge in [-0.2, -0.15) is 8.42 Å². The molecule has 0 unspecified atom stereocenters. The van der Waals surface area contributed by atoms with Crippen LogP contribution in [0.4, 0.5) is 0 Å². The number of halogens is 1. The molecule has 0 aliphatic carbocycles. The molecule has 2 rings (SSSR count). The van der Waals surface area contributed by atoms with Gasteiger partial charge in [-0.15, -0.1) is 0 Å². The van der Waals surface area contributed by atoms with Gasteiger partial charge in [0.1, 0.15) is 10.6 Å². The van der Waals surface area contributed by atoms with Crippen molar-refractivity contribution < 1.29 is 12.6 Å². The number of rotatable bonds is 12. The van der Waals surface area contributed by atoms with Crippen molar-refractivity contribution >= 4 is 26.0 Å². The quantitative estimate of drug-likeness (QED) is 0.245. The highest BCUT2D eigenvalue weighted by Gasteiger charge is 2.18. The van der Waals surface area contributed by atoms with Crippen molar-refractivity contribution in [3.63, 3.8) is 0 Å². The van der Waals surface area contributed by atoms with Crippen molar-refractivity contribution in [2.24, 2.45) is 0 Å². The van der Waals surface area contributed by atoms with Crippen LogP contribution in [0.25, 0.3) is 0 Å². The Bertz CT molecular complexity index is 829. The molecule has 2 aromatic rings. The summed E-state index contributed by atoms with van der Waals surface area (Å²) in [4.78, 5) is 0.180. The highest BCUT2D eigenvalue weighted by molar-refractivity contribution is 9.10. The van der Waals surface area contributed by atoms with Crippen LogP contribution in [0, 0.1) is 6.92 Å². The largest absolute Gasteiger partial charge is 0.379 e. The van der Waals surface area contributed by atoms with E-state index < -0.39 is 10.1 Å². The van der Waals surface area contributed by atoms with Gasteiger partial charge < -0.3 is 4.18 Å². The molecule has 0 N–H and O–H groups in total. The molecule has 2 aromatic carbocycles. The highest BCUT2D eigenvalue weighted by Crippen LogP contribution is 2.28. The molecule has 3 nitrogen and oxygen atoms in total. The van der Waals surface area contributed by atoms with Crippen molar-refractivity contribution in [2.45, 2.75) is 76.5 Å². The Balaban J connectivity index is 1.95. The van der Waals surface area contributed by atoms with Gasteiger partial charge in [0.25, 0.3) is 0 Å². The molecule has 0 aliphatic heterocycles. The molecule has 0 saturated carbocycles. The Morgan fingerprint density at radius 2 is 1.46 bits per heavy atom. The number of benzene rings is 2. The van der Waals surface area contributed by atoms with Crippen LogP contribution < -0.4 is 4.18 Å². The summed E-state index contributed by atoms with van der Waals surface area (Å²) in [7, 11) is -3.83. The van der Waals surface area contributed by atoms with E-state index in [2.05, 4.69) is 22.9 Å². The molecule has 0 atom stereocenters. The minimum absolute atomic E-state index is 0.180. The smallest absolute Gasteiger partial charge is 0.339 e. The van der Waals surface area contributed by atoms with E-state index in [0.29, 0.717) is 5.75 Å². The molecule has 0 aliphatic rings. The van der Waals surface area contributed by atoms with E-state index >= 15 is 0 Å². The Labute approximate surface area is 178 Å². The molecule has 0 spiro atoms. The molecule has 5 heteroatoms. The maximum atomic E-state index is 12.6. The molecule has 0 fully saturated rings. The normalized spacial score (nSPS) is 11.5. The molecule has 0 amide bonds. The number of hydrogen-bond acceptors (Lipinski definition) is 3. The lowest BCUT2D eigenvalue weighted by Crippen LogP contribution is -2.11. The van der Waals surface area contributed by atoms with Gasteiger partial charge in [-0.05, 0) is 55.7 Å². The van der Waals surface area contributed by atoms with E-state index in [1.165, 1.54) is 38.5 Å². The van der Waals surface area contributed by atoms with Crippen LogP contribution >= 0.6 is 15.9 Å². The predicted octanol–water partition coefficient (Wildman–Crippen LogP) is 7.21. The summed E-state index contributed by atoms with van der Waals surface area (Å²) in [6.45, 7) is 4.16. The second kappa shape index (κ2) is 11.6. The second-order valence-corrected chi connectivity index (χ2v) is 9.79. The highest BCUT2D eigenvalue weighted by atomic mass is 79.9. The average Bonchev–Trinajstić information content (AvgIpc) is 2.66. The van der Waals surface area contributed by atoms with Crippen LogP contribution in [0.3, 0.4) is 0 Å². The first-order chi connectivity index (χ1) is 13.4. The maximum absolute atomic E-state index is 12.6. The summed E-state index contributed by atoms with van der Waals surface area (Å²) in [5, 5.41) is 0. The molecule has 0 radical (unpaired) electrons. The van der Waals surface area contributed by atoms with Crippen molar-refractivity contribution in [2.75, 3.05) is 0 Å². The lowest BCUT2D eigenvalue weighted by Gasteiger charge is -2.12. The zero-order chi connectivity index (χ0) is 20.4. The first-order valence-electron chi connectivity index (χ1n) is 10.2. The maximum Gasteiger partial charge on any atom is 0.339 e. The van der Waals surface area contributed by atoms with Gasteiger partial charge >= 0.3 is 10.1 Å². The van der Waals surface area contributed by atoms with Crippen LogP contribution in [0.2, 0.25) is 0 Å². The number of hydrogen-bond donors (Lipinski definition) is 0. The van der Waals surface area contributed by atoms with Gasteiger partial charge in [-0.1, -0.05) is 85.5 Å². The van der Waals surface area contributed by atoms with E-state index in [0.717, 1.165) is 34.9 Å². The summed E-state index contributed by atoms with van der Waals surface area (Å²) < 4.78 is 31.7. The van der Waals surface area contributed by atoms with Crippen molar-refractivity contribution in [3.8, 4) is 5.75 Å². The van der Waals surface area contributed by atoms with Gasteiger partial charge in [0, 0.05) is 4.47 Å². The van der Waals surface area contributed by atoms with Crippen LogP contribution in [0.15, 0.2) is 51.8 Å². The standard InChI is InChI=1S/C23H31BrO3S/c1-3-4-5-6-7-8-9-10-11-20-18-21(24)14-17-23(20)27-28(25,26)22-15-12-19(2)13-16-22/h12-18H,3-11H2,1-2H3. The van der Waals surface area contributed by atoms with Gasteiger partial charge in [-0.25, -0.2) is 0 Å². The van der Waals surface area contributed by atoms with Gasteiger partial charge in [0.05, 0.1) is 0 Å². The SMILES string of the molecule is CCCCCCCCCCc1cc(Br)ccc1OS(=O)(=O)c1ccc(C)cc1. The van der Waals surface area contributed by atoms with Gasteiger partial charge in [-0.3, -0.25) is 0 Å². The molecule has 154 valence electrons. The van der Waals surface area contributed by atoms with Crippen molar-refractivity contribution in [3.05, 3.63) is 58.1 Å². The molecule has 0 heterocycles. The fraction of sp³-hybridized carbons (Fsp3) is 0.478. The first-order valence-corrected chi connectivity index (χ1v) is 12.4. The summed E-state index contributed by atoms with van der Waals surface area (Å²) >= 11 is 3.48. The topological polar surface area (TPSA) is 43.4 Å². The van der Waals surface area contributed by atoms with E-state index in [1.807, 2.05) is 19.1 Å². The summed E-state index contributed by atoms with van der Waals surface area (Å²) in [6, 6.07) is 12.2. The lowest BCUT2D eigenvalue weighted by atomic mass is 10.0. The molecular formula is C23H31BrO3S. The van der Waals surface area contributed by atoms with Gasteiger partial charge in [0.2, 0.25) is 0 Å². The lowest BCUT2D eigenvalue weighted by molar-refractivity contribution is 0.481. The molecule has 0 saturated heterocycles. The zero-order valence-electron chi connectivity index (χ0n) is 16.9. The number of aryl methyl sites for hydroxylation is 2. The molecule has 0 aromatic heterocycles. The van der Waals surface area contributed by atoms with E-state index in [1.54, 1.807) is 30.3 Å². The van der Waals surface area contributed by atoms with E-state index in [-0.39, 0.29) is 4.90 Å². The van der Waals surface area contributed by atoms with Crippen LogP contribution in [0.1, 0.15) is 69.4 Å². The van der Waals surface area contributed by atoms with Crippen LogP contribution in [0.5, 0.6) is 5.75 Å². The minimum atomic E-state index is -3.83. The molecule has 0 bridgehead atoms. The Morgan fingerprint density at radius 1 is 0.857 bits per heavy atom. The fourth-order valence-electron chi connectivity index (χ4n) is 3.15. The van der Waals surface area contributed by atoms with Gasteiger partial charge in [0.15, 0.2) is 0 Å². The summed E-state index contributed by atoms with van der Waals surface area (Å²) in [5.74, 6) is 0.423. The zero-order valence-corrected chi connectivity index (χ0v) is 19.3. The fourth-order valence-corrected chi connectivity index (χ4v) is 4.52. The van der Waals surface area contributed by atoms with Crippen molar-refractivity contribution in [1.82, 2.24) is 0 Å². The average molecular weight is 467 g/mol. The Kier molecular flexibility index (Phi) is 9.52. The van der Waals surface area contributed by atoms with E-state index in [9.17, 15) is 8.42 Å². The summed E-state index contributed by atoms with van der Waals surface area (Å²) in [6.07, 6.45) is 10.8. The monoisotopic (exact) mass is 466 g/mol. The third-order valence-electron chi connectivity index (χ3n) is 4.83. The molecular weight excluding hydrogens is 436 g/mol. The third kappa shape index (κ3) is 7.59. The van der Waals surface area contributed by atoms with Crippen molar-refractivity contribution in [1.29, 1.82) is 0 Å².